The zero-order chi connectivity index (χ0) is 11.2. The Kier molecular flexibility index (Phi) is 1.89. The van der Waals surface area contributed by atoms with Gasteiger partial charge in [0.1, 0.15) is 0 Å². The van der Waals surface area contributed by atoms with E-state index in [1.807, 2.05) is 0 Å². The lowest BCUT2D eigenvalue weighted by atomic mass is 10.1. The number of fused-ring (bicyclic) bond motifs is 1. The highest BCUT2D eigenvalue weighted by atomic mass is 19.4. The fraction of sp³-hybridized carbons (Fsp3) is 0.222. The van der Waals surface area contributed by atoms with Gasteiger partial charge in [-0.05, 0) is 12.1 Å². The first kappa shape index (κ1) is 9.82. The average molecular weight is 216 g/mol. The number of alkyl halides is 3. The lowest BCUT2D eigenvalue weighted by Gasteiger charge is -2.08. The summed E-state index contributed by atoms with van der Waals surface area (Å²) in [4.78, 5) is 11.2. The molecule has 0 fully saturated rings. The number of aromatic nitrogens is 2. The molecule has 0 radical (unpaired) electrons. The van der Waals surface area contributed by atoms with Gasteiger partial charge in [0.05, 0.1) is 16.5 Å². The summed E-state index contributed by atoms with van der Waals surface area (Å²) in [5.41, 5.74) is -1.44. The molecule has 0 aliphatic carbocycles. The molecule has 0 aliphatic rings. The first-order chi connectivity index (χ1) is 6.91. The minimum atomic E-state index is -4.45. The standard InChI is InChI=1S/C9H7F3N2O/c1-14-7-5(8(15)13-14)3-2-4-6(7)9(10,11)12/h2-4H,1H3,(H,13,15). The van der Waals surface area contributed by atoms with E-state index in [1.165, 1.54) is 19.2 Å². The van der Waals surface area contributed by atoms with E-state index in [-0.39, 0.29) is 10.9 Å². The molecule has 0 aliphatic heterocycles. The number of rotatable bonds is 0. The summed E-state index contributed by atoms with van der Waals surface area (Å²) in [7, 11) is 1.37. The fourth-order valence-corrected chi connectivity index (χ4v) is 1.59. The molecule has 2 aromatic rings. The summed E-state index contributed by atoms with van der Waals surface area (Å²) in [5.74, 6) is 0. The van der Waals surface area contributed by atoms with Gasteiger partial charge in [0, 0.05) is 7.05 Å². The molecule has 0 amide bonds. The molecule has 15 heavy (non-hydrogen) atoms. The van der Waals surface area contributed by atoms with Gasteiger partial charge in [0.2, 0.25) is 0 Å². The van der Waals surface area contributed by atoms with Crippen molar-refractivity contribution < 1.29 is 13.2 Å². The van der Waals surface area contributed by atoms with Gasteiger partial charge in [0.15, 0.2) is 0 Å². The Hall–Kier alpha value is -1.72. The van der Waals surface area contributed by atoms with Gasteiger partial charge >= 0.3 is 6.18 Å². The summed E-state index contributed by atoms with van der Waals surface area (Å²) in [6.07, 6.45) is -4.45. The van der Waals surface area contributed by atoms with E-state index in [9.17, 15) is 18.0 Å². The number of H-pyrrole nitrogens is 1. The van der Waals surface area contributed by atoms with E-state index >= 15 is 0 Å². The maximum atomic E-state index is 12.6. The number of hydrogen-bond donors (Lipinski definition) is 1. The molecule has 1 N–H and O–H groups in total. The number of para-hydroxylation sites is 1. The van der Waals surface area contributed by atoms with Crippen LogP contribution in [0.4, 0.5) is 13.2 Å². The number of aryl methyl sites for hydroxylation is 1. The number of nitrogens with one attached hydrogen (secondary N) is 1. The molecule has 2 rings (SSSR count). The second kappa shape index (κ2) is 2.88. The highest BCUT2D eigenvalue weighted by molar-refractivity contribution is 5.82. The van der Waals surface area contributed by atoms with Crippen LogP contribution in [-0.2, 0) is 13.2 Å². The maximum absolute atomic E-state index is 12.6. The van der Waals surface area contributed by atoms with Crippen molar-refractivity contribution in [2.24, 2.45) is 7.05 Å². The van der Waals surface area contributed by atoms with Gasteiger partial charge in [-0.25, -0.2) is 0 Å². The van der Waals surface area contributed by atoms with Gasteiger partial charge < -0.3 is 0 Å². The van der Waals surface area contributed by atoms with Crippen molar-refractivity contribution in [1.82, 2.24) is 9.78 Å². The van der Waals surface area contributed by atoms with Crippen molar-refractivity contribution in [2.45, 2.75) is 6.18 Å². The molecular formula is C9H7F3N2O. The van der Waals surface area contributed by atoms with Crippen molar-refractivity contribution in [3.8, 4) is 0 Å². The van der Waals surface area contributed by atoms with Crippen molar-refractivity contribution in [2.75, 3.05) is 0 Å². The molecule has 1 heterocycles. The van der Waals surface area contributed by atoms with Gasteiger partial charge in [-0.1, -0.05) is 6.07 Å². The van der Waals surface area contributed by atoms with Crippen LogP contribution in [0.5, 0.6) is 0 Å². The van der Waals surface area contributed by atoms with Gasteiger partial charge in [-0.2, -0.15) is 13.2 Å². The zero-order valence-electron chi connectivity index (χ0n) is 7.72. The van der Waals surface area contributed by atoms with E-state index in [0.717, 1.165) is 10.7 Å². The van der Waals surface area contributed by atoms with Crippen LogP contribution < -0.4 is 5.56 Å². The monoisotopic (exact) mass is 216 g/mol. The minimum absolute atomic E-state index is 0.0484. The highest BCUT2D eigenvalue weighted by Crippen LogP contribution is 2.33. The van der Waals surface area contributed by atoms with E-state index in [4.69, 9.17) is 0 Å². The normalized spacial score (nSPS) is 12.3. The Labute approximate surface area is 82.1 Å². The highest BCUT2D eigenvalue weighted by Gasteiger charge is 2.33. The van der Waals surface area contributed by atoms with Crippen LogP contribution in [-0.4, -0.2) is 9.78 Å². The van der Waals surface area contributed by atoms with E-state index in [1.54, 1.807) is 0 Å². The van der Waals surface area contributed by atoms with Crippen molar-refractivity contribution in [3.05, 3.63) is 34.1 Å². The molecule has 0 spiro atoms. The van der Waals surface area contributed by atoms with Crippen LogP contribution in [0.25, 0.3) is 10.9 Å². The second-order valence-corrected chi connectivity index (χ2v) is 3.20. The molecule has 80 valence electrons. The van der Waals surface area contributed by atoms with Gasteiger partial charge in [0.25, 0.3) is 5.56 Å². The first-order valence-corrected chi connectivity index (χ1v) is 4.16. The fourth-order valence-electron chi connectivity index (χ4n) is 1.59. The summed E-state index contributed by atoms with van der Waals surface area (Å²) >= 11 is 0. The molecule has 3 nitrogen and oxygen atoms in total. The Bertz CT molecular complexity index is 565. The second-order valence-electron chi connectivity index (χ2n) is 3.20. The zero-order valence-corrected chi connectivity index (χ0v) is 7.72. The predicted molar refractivity (Wildman–Crippen MR) is 48.5 cm³/mol. The van der Waals surface area contributed by atoms with E-state index in [0.29, 0.717) is 0 Å². The van der Waals surface area contributed by atoms with Crippen LogP contribution in [0, 0.1) is 0 Å². The maximum Gasteiger partial charge on any atom is 0.418 e. The largest absolute Gasteiger partial charge is 0.418 e. The Morgan fingerprint density at radius 2 is 2.00 bits per heavy atom. The molecule has 0 saturated heterocycles. The van der Waals surface area contributed by atoms with Crippen LogP contribution in [0.15, 0.2) is 23.0 Å². The predicted octanol–water partition coefficient (Wildman–Crippen LogP) is 1.89. The third kappa shape index (κ3) is 1.42. The SMILES string of the molecule is Cn1[nH]c(=O)c2cccc(C(F)(F)F)c21. The smallest absolute Gasteiger partial charge is 0.287 e. The molecule has 1 aromatic carbocycles. The van der Waals surface area contributed by atoms with E-state index in [2.05, 4.69) is 5.10 Å². The summed E-state index contributed by atoms with van der Waals surface area (Å²) in [6, 6.07) is 3.54. The van der Waals surface area contributed by atoms with Crippen LogP contribution in [0.1, 0.15) is 5.56 Å². The number of benzene rings is 1. The number of halogens is 3. The third-order valence-electron chi connectivity index (χ3n) is 2.19. The molecule has 6 heteroatoms. The molecule has 1 aromatic heterocycles. The number of aromatic amines is 1. The number of hydrogen-bond acceptors (Lipinski definition) is 1. The topological polar surface area (TPSA) is 37.8 Å². The lowest BCUT2D eigenvalue weighted by Crippen LogP contribution is -2.07. The minimum Gasteiger partial charge on any atom is -0.287 e. The number of nitrogens with zero attached hydrogens (tertiary/aromatic N) is 1. The van der Waals surface area contributed by atoms with Gasteiger partial charge in [-0.3, -0.25) is 14.6 Å². The average Bonchev–Trinajstić information content (AvgIpc) is 2.41. The Morgan fingerprint density at radius 3 is 2.60 bits per heavy atom. The lowest BCUT2D eigenvalue weighted by molar-refractivity contribution is -0.136. The summed E-state index contributed by atoms with van der Waals surface area (Å²) in [5, 5.41) is 2.34. The van der Waals surface area contributed by atoms with Crippen molar-refractivity contribution >= 4 is 10.9 Å². The van der Waals surface area contributed by atoms with Gasteiger partial charge in [-0.15, -0.1) is 0 Å². The Morgan fingerprint density at radius 1 is 1.33 bits per heavy atom. The van der Waals surface area contributed by atoms with Crippen LogP contribution >= 0.6 is 0 Å². The molecular weight excluding hydrogens is 209 g/mol. The van der Waals surface area contributed by atoms with Crippen molar-refractivity contribution in [3.63, 3.8) is 0 Å². The van der Waals surface area contributed by atoms with Crippen molar-refractivity contribution in [1.29, 1.82) is 0 Å². The molecule has 0 bridgehead atoms. The van der Waals surface area contributed by atoms with Crippen LogP contribution in [0.3, 0.4) is 0 Å². The van der Waals surface area contributed by atoms with Crippen LogP contribution in [0.2, 0.25) is 0 Å². The molecule has 0 saturated carbocycles. The van der Waals surface area contributed by atoms with E-state index < -0.39 is 17.3 Å². The summed E-state index contributed by atoms with van der Waals surface area (Å²) < 4.78 is 38.8. The summed E-state index contributed by atoms with van der Waals surface area (Å²) in [6.45, 7) is 0. The molecule has 0 unspecified atom stereocenters. The quantitative estimate of drug-likeness (QED) is 0.717. The first-order valence-electron chi connectivity index (χ1n) is 4.16. The molecule has 0 atom stereocenters. The third-order valence-corrected chi connectivity index (χ3v) is 2.19. The Balaban J connectivity index is 2.93.